The summed E-state index contributed by atoms with van der Waals surface area (Å²) < 4.78 is 0. The first-order valence-electron chi connectivity index (χ1n) is 10.3. The lowest BCUT2D eigenvalue weighted by molar-refractivity contribution is -0.856. The van der Waals surface area contributed by atoms with E-state index in [2.05, 4.69) is 55.9 Å². The van der Waals surface area contributed by atoms with Crippen LogP contribution in [0.3, 0.4) is 0 Å². The lowest BCUT2D eigenvalue weighted by Gasteiger charge is -2.62. The van der Waals surface area contributed by atoms with Crippen LogP contribution in [0.5, 0.6) is 0 Å². The number of carbonyl (C=O) groups is 1. The van der Waals surface area contributed by atoms with Gasteiger partial charge >= 0.3 is 6.03 Å². The fourth-order valence-electron chi connectivity index (χ4n) is 6.36. The molecule has 2 atom stereocenters. The molecule has 0 saturated heterocycles. The molecule has 4 saturated carbocycles. The molecule has 0 aromatic heterocycles. The van der Waals surface area contributed by atoms with Gasteiger partial charge < -0.3 is 15.5 Å². The number of nitrogens with one attached hydrogen (secondary N) is 3. The molecule has 2 unspecified atom stereocenters. The third-order valence-corrected chi connectivity index (χ3v) is 7.01. The van der Waals surface area contributed by atoms with Crippen molar-refractivity contribution in [1.82, 2.24) is 10.6 Å². The second-order valence-electron chi connectivity index (χ2n) is 9.73. The van der Waals surface area contributed by atoms with Gasteiger partial charge in [-0.2, -0.15) is 0 Å². The molecule has 26 heavy (non-hydrogen) atoms. The molecule has 0 aliphatic heterocycles. The van der Waals surface area contributed by atoms with Gasteiger partial charge in [0.05, 0.1) is 27.2 Å². The first kappa shape index (κ1) is 17.8. The predicted molar refractivity (Wildman–Crippen MR) is 104 cm³/mol. The summed E-state index contributed by atoms with van der Waals surface area (Å²) in [5.41, 5.74) is 3.11. The highest BCUT2D eigenvalue weighted by Gasteiger charge is 2.58. The summed E-state index contributed by atoms with van der Waals surface area (Å²) >= 11 is 0. The van der Waals surface area contributed by atoms with Gasteiger partial charge in [-0.1, -0.05) is 29.8 Å². The zero-order valence-electron chi connectivity index (χ0n) is 16.5. The molecule has 0 radical (unpaired) electrons. The van der Waals surface area contributed by atoms with Crippen molar-refractivity contribution in [2.45, 2.75) is 56.4 Å². The van der Waals surface area contributed by atoms with Gasteiger partial charge in [-0.3, -0.25) is 0 Å². The third-order valence-electron chi connectivity index (χ3n) is 7.01. The predicted octanol–water partition coefficient (Wildman–Crippen LogP) is 2.03. The Hall–Kier alpha value is -1.55. The summed E-state index contributed by atoms with van der Waals surface area (Å²) in [7, 11) is 4.23. The van der Waals surface area contributed by atoms with Crippen molar-refractivity contribution in [3.63, 3.8) is 0 Å². The van der Waals surface area contributed by atoms with Gasteiger partial charge in [0.15, 0.2) is 0 Å². The van der Waals surface area contributed by atoms with Crippen LogP contribution < -0.4 is 15.5 Å². The minimum absolute atomic E-state index is 0.00399. The Morgan fingerprint density at radius 3 is 2.38 bits per heavy atom. The Morgan fingerprint density at radius 1 is 1.12 bits per heavy atom. The molecule has 4 fully saturated rings. The van der Waals surface area contributed by atoms with E-state index in [1.165, 1.54) is 48.1 Å². The van der Waals surface area contributed by atoms with E-state index in [0.717, 1.165) is 31.3 Å². The van der Waals surface area contributed by atoms with Gasteiger partial charge in [0.2, 0.25) is 0 Å². The van der Waals surface area contributed by atoms with E-state index in [1.807, 2.05) is 0 Å². The molecular formula is C22H34N3O+. The normalized spacial score (nSPS) is 34.9. The molecule has 2 amide bonds. The minimum atomic E-state index is 0.00399. The third kappa shape index (κ3) is 3.36. The molecular weight excluding hydrogens is 322 g/mol. The first-order chi connectivity index (χ1) is 12.4. The molecule has 0 spiro atoms. The van der Waals surface area contributed by atoms with Crippen molar-refractivity contribution in [3.8, 4) is 0 Å². The highest BCUT2D eigenvalue weighted by atomic mass is 16.2. The smallest absolute Gasteiger partial charge is 0.315 e. The number of quaternary nitrogens is 1. The van der Waals surface area contributed by atoms with Crippen LogP contribution in [0.4, 0.5) is 4.79 Å². The van der Waals surface area contributed by atoms with Gasteiger partial charge in [-0.15, -0.1) is 0 Å². The van der Waals surface area contributed by atoms with Gasteiger partial charge in [-0.05, 0) is 68.3 Å². The van der Waals surface area contributed by atoms with Gasteiger partial charge in [0.1, 0.15) is 0 Å². The van der Waals surface area contributed by atoms with E-state index in [4.69, 9.17) is 0 Å². The molecule has 4 bridgehead atoms. The van der Waals surface area contributed by atoms with Crippen molar-refractivity contribution in [2.75, 3.05) is 27.2 Å². The van der Waals surface area contributed by atoms with Crippen molar-refractivity contribution in [3.05, 3.63) is 35.4 Å². The maximum atomic E-state index is 12.6. The number of carbonyl (C=O) groups excluding carboxylic acids is 1. The quantitative estimate of drug-likeness (QED) is 0.743. The molecule has 4 nitrogen and oxygen atoms in total. The molecule has 3 N–H and O–H groups in total. The lowest BCUT2D eigenvalue weighted by Crippen LogP contribution is -3.06. The number of benzene rings is 1. The second-order valence-corrected chi connectivity index (χ2v) is 9.73. The maximum Gasteiger partial charge on any atom is 0.315 e. The summed E-state index contributed by atoms with van der Waals surface area (Å²) in [5, 5.41) is 6.52. The van der Waals surface area contributed by atoms with Gasteiger partial charge in [0, 0.05) is 5.54 Å². The molecule has 4 aliphatic rings. The van der Waals surface area contributed by atoms with Crippen LogP contribution in [0, 0.1) is 18.8 Å². The Bertz CT molecular complexity index is 652. The highest BCUT2D eigenvalue weighted by molar-refractivity contribution is 5.75. The summed E-state index contributed by atoms with van der Waals surface area (Å²) in [6.07, 6.45) is 7.43. The Morgan fingerprint density at radius 2 is 1.77 bits per heavy atom. The first-order valence-corrected chi connectivity index (χ1v) is 10.3. The van der Waals surface area contributed by atoms with E-state index >= 15 is 0 Å². The van der Waals surface area contributed by atoms with E-state index in [1.54, 1.807) is 0 Å². The highest BCUT2D eigenvalue weighted by Crippen LogP contribution is 2.62. The van der Waals surface area contributed by atoms with E-state index in [0.29, 0.717) is 0 Å². The lowest BCUT2D eigenvalue weighted by atomic mass is 9.45. The maximum absolute atomic E-state index is 12.6. The fraction of sp³-hybridized carbons (Fsp3) is 0.682. The Labute approximate surface area is 157 Å². The number of hydrogen-bond acceptors (Lipinski definition) is 1. The van der Waals surface area contributed by atoms with Crippen LogP contribution in [0.2, 0.25) is 0 Å². The average Bonchev–Trinajstić information content (AvgIpc) is 2.53. The molecule has 5 rings (SSSR count). The van der Waals surface area contributed by atoms with Gasteiger partial charge in [0.25, 0.3) is 0 Å². The summed E-state index contributed by atoms with van der Waals surface area (Å²) in [5.74, 6) is 1.54. The standard InChI is InChI=1S/C22H33N3O/c1-16-4-6-19(7-5-16)21-11-17-10-18(12-21)14-22(13-17,15-21)24-20(26)23-8-9-25(2)3/h4-7,17-18H,8-15H2,1-3H3,(H2,23,24,26)/p+1. The van der Waals surface area contributed by atoms with Gasteiger partial charge in [-0.25, -0.2) is 4.79 Å². The number of amides is 2. The zero-order chi connectivity index (χ0) is 18.4. The SMILES string of the molecule is Cc1ccc(C23CC4CC(CC(NC(=O)NCC[NH+](C)C)(C4)C2)C3)cc1. The van der Waals surface area contributed by atoms with Crippen LogP contribution in [0.15, 0.2) is 24.3 Å². The van der Waals surface area contributed by atoms with Crippen LogP contribution in [0.25, 0.3) is 0 Å². The zero-order valence-corrected chi connectivity index (χ0v) is 16.5. The van der Waals surface area contributed by atoms with Crippen LogP contribution in [0.1, 0.15) is 49.7 Å². The van der Waals surface area contributed by atoms with Crippen LogP contribution in [-0.2, 0) is 5.41 Å². The number of aryl methyl sites for hydroxylation is 1. The van der Waals surface area contributed by atoms with Crippen LogP contribution >= 0.6 is 0 Å². The molecule has 4 aliphatic carbocycles. The number of likely N-dealkylation sites (N-methyl/N-ethyl adjacent to an activating group) is 1. The molecule has 4 heteroatoms. The van der Waals surface area contributed by atoms with E-state index in [-0.39, 0.29) is 17.0 Å². The molecule has 142 valence electrons. The summed E-state index contributed by atoms with van der Waals surface area (Å²) in [6.45, 7) is 3.85. The topological polar surface area (TPSA) is 45.6 Å². The molecule has 1 aromatic rings. The van der Waals surface area contributed by atoms with Crippen molar-refractivity contribution in [1.29, 1.82) is 0 Å². The summed E-state index contributed by atoms with van der Waals surface area (Å²) in [6, 6.07) is 9.23. The van der Waals surface area contributed by atoms with Crippen LogP contribution in [-0.4, -0.2) is 38.8 Å². The minimum Gasteiger partial charge on any atom is -0.338 e. The monoisotopic (exact) mass is 356 g/mol. The van der Waals surface area contributed by atoms with Crippen molar-refractivity contribution in [2.24, 2.45) is 11.8 Å². The second kappa shape index (κ2) is 6.56. The average molecular weight is 357 g/mol. The van der Waals surface area contributed by atoms with E-state index < -0.39 is 0 Å². The number of hydrogen-bond donors (Lipinski definition) is 3. The Balaban J connectivity index is 1.51. The molecule has 1 aromatic carbocycles. The fourth-order valence-corrected chi connectivity index (χ4v) is 6.36. The number of urea groups is 1. The largest absolute Gasteiger partial charge is 0.338 e. The molecule has 0 heterocycles. The van der Waals surface area contributed by atoms with Crippen molar-refractivity contribution < 1.29 is 9.69 Å². The number of rotatable bonds is 5. The van der Waals surface area contributed by atoms with Crippen molar-refractivity contribution >= 4 is 6.03 Å². The van der Waals surface area contributed by atoms with E-state index in [9.17, 15) is 4.79 Å². The Kier molecular flexibility index (Phi) is 4.50. The summed E-state index contributed by atoms with van der Waals surface area (Å²) in [4.78, 5) is 13.9.